The van der Waals surface area contributed by atoms with Crippen LogP contribution in [0, 0.1) is 6.92 Å². The van der Waals surface area contributed by atoms with E-state index in [0.29, 0.717) is 6.54 Å². The standard InChI is InChI=1S/C13H22N2O/c1-11-5-6-13(12(9-11)10-14)15(2)7-4-8-16-3/h5-6,9H,4,7-8,10,14H2,1-3H3. The Morgan fingerprint density at radius 1 is 1.38 bits per heavy atom. The summed E-state index contributed by atoms with van der Waals surface area (Å²) in [5.74, 6) is 0. The first-order chi connectivity index (χ1) is 7.69. The molecular weight excluding hydrogens is 200 g/mol. The van der Waals surface area contributed by atoms with Gasteiger partial charge in [0.1, 0.15) is 0 Å². The van der Waals surface area contributed by atoms with E-state index in [1.54, 1.807) is 7.11 Å². The SMILES string of the molecule is COCCCN(C)c1ccc(C)cc1CN. The number of nitrogens with zero attached hydrogens (tertiary/aromatic N) is 1. The molecule has 2 N–H and O–H groups in total. The maximum absolute atomic E-state index is 5.76. The number of anilines is 1. The lowest BCUT2D eigenvalue weighted by Gasteiger charge is -2.22. The molecule has 1 rings (SSSR count). The molecule has 3 nitrogen and oxygen atoms in total. The Hall–Kier alpha value is -1.06. The normalized spacial score (nSPS) is 10.5. The molecule has 0 aliphatic rings. The maximum atomic E-state index is 5.76. The summed E-state index contributed by atoms with van der Waals surface area (Å²) in [5, 5.41) is 0. The summed E-state index contributed by atoms with van der Waals surface area (Å²) in [6, 6.07) is 6.42. The average Bonchev–Trinajstić information content (AvgIpc) is 2.29. The van der Waals surface area contributed by atoms with E-state index in [-0.39, 0.29) is 0 Å². The summed E-state index contributed by atoms with van der Waals surface area (Å²) in [7, 11) is 3.83. The molecule has 0 radical (unpaired) electrons. The van der Waals surface area contributed by atoms with Gasteiger partial charge in [-0.1, -0.05) is 17.7 Å². The molecular formula is C13H22N2O. The van der Waals surface area contributed by atoms with Gasteiger partial charge in [-0.25, -0.2) is 0 Å². The fourth-order valence-electron chi connectivity index (χ4n) is 1.82. The van der Waals surface area contributed by atoms with Crippen molar-refractivity contribution < 1.29 is 4.74 Å². The molecule has 0 fully saturated rings. The van der Waals surface area contributed by atoms with E-state index in [9.17, 15) is 0 Å². The van der Waals surface area contributed by atoms with Crippen LogP contribution in [0.3, 0.4) is 0 Å². The van der Waals surface area contributed by atoms with Gasteiger partial charge < -0.3 is 15.4 Å². The number of rotatable bonds is 6. The Bertz CT molecular complexity index is 326. The third-order valence-corrected chi connectivity index (χ3v) is 2.71. The van der Waals surface area contributed by atoms with E-state index in [0.717, 1.165) is 19.6 Å². The minimum absolute atomic E-state index is 0.589. The zero-order valence-electron chi connectivity index (χ0n) is 10.5. The van der Waals surface area contributed by atoms with Crippen LogP contribution in [-0.4, -0.2) is 27.3 Å². The molecule has 1 aromatic carbocycles. The number of aryl methyl sites for hydroxylation is 1. The fraction of sp³-hybridized carbons (Fsp3) is 0.538. The van der Waals surface area contributed by atoms with Crippen LogP contribution in [0.4, 0.5) is 5.69 Å². The third-order valence-electron chi connectivity index (χ3n) is 2.71. The van der Waals surface area contributed by atoms with Crippen molar-refractivity contribution in [3.8, 4) is 0 Å². The van der Waals surface area contributed by atoms with Crippen LogP contribution in [0.15, 0.2) is 18.2 Å². The van der Waals surface area contributed by atoms with Gasteiger partial charge >= 0.3 is 0 Å². The monoisotopic (exact) mass is 222 g/mol. The van der Waals surface area contributed by atoms with Crippen molar-refractivity contribution in [1.29, 1.82) is 0 Å². The molecule has 0 unspecified atom stereocenters. The third kappa shape index (κ3) is 3.51. The molecule has 0 heterocycles. The molecule has 0 saturated heterocycles. The second-order valence-corrected chi connectivity index (χ2v) is 4.10. The fourth-order valence-corrected chi connectivity index (χ4v) is 1.82. The lowest BCUT2D eigenvalue weighted by Crippen LogP contribution is -2.21. The quantitative estimate of drug-likeness (QED) is 0.747. The van der Waals surface area contributed by atoms with Crippen molar-refractivity contribution >= 4 is 5.69 Å². The Labute approximate surface area is 98.2 Å². The van der Waals surface area contributed by atoms with Crippen LogP contribution in [0.2, 0.25) is 0 Å². The first kappa shape index (κ1) is 13.0. The van der Waals surface area contributed by atoms with Gasteiger partial charge in [0.2, 0.25) is 0 Å². The second-order valence-electron chi connectivity index (χ2n) is 4.10. The first-order valence-corrected chi connectivity index (χ1v) is 5.68. The molecule has 0 aromatic heterocycles. The highest BCUT2D eigenvalue weighted by atomic mass is 16.5. The van der Waals surface area contributed by atoms with Crippen molar-refractivity contribution in [2.75, 3.05) is 32.2 Å². The van der Waals surface area contributed by atoms with Gasteiger partial charge in [0.15, 0.2) is 0 Å². The van der Waals surface area contributed by atoms with Crippen LogP contribution in [-0.2, 0) is 11.3 Å². The zero-order valence-corrected chi connectivity index (χ0v) is 10.5. The van der Waals surface area contributed by atoms with Crippen LogP contribution in [0.5, 0.6) is 0 Å². The summed E-state index contributed by atoms with van der Waals surface area (Å²) >= 11 is 0. The molecule has 0 aliphatic carbocycles. The molecule has 0 amide bonds. The van der Waals surface area contributed by atoms with Gasteiger partial charge in [0, 0.05) is 39.5 Å². The Morgan fingerprint density at radius 2 is 2.12 bits per heavy atom. The molecule has 0 atom stereocenters. The van der Waals surface area contributed by atoms with Crippen LogP contribution in [0.1, 0.15) is 17.5 Å². The highest BCUT2D eigenvalue weighted by molar-refractivity contribution is 5.54. The van der Waals surface area contributed by atoms with Crippen molar-refractivity contribution in [2.24, 2.45) is 5.73 Å². The largest absolute Gasteiger partial charge is 0.385 e. The Balaban J connectivity index is 2.70. The zero-order chi connectivity index (χ0) is 12.0. The van der Waals surface area contributed by atoms with Gasteiger partial charge in [0.25, 0.3) is 0 Å². The number of hydrogen-bond acceptors (Lipinski definition) is 3. The van der Waals surface area contributed by atoms with E-state index in [2.05, 4.69) is 37.1 Å². The summed E-state index contributed by atoms with van der Waals surface area (Å²) < 4.78 is 5.05. The van der Waals surface area contributed by atoms with E-state index in [4.69, 9.17) is 10.5 Å². The number of benzene rings is 1. The van der Waals surface area contributed by atoms with Gasteiger partial charge in [-0.3, -0.25) is 0 Å². The van der Waals surface area contributed by atoms with E-state index >= 15 is 0 Å². The Kier molecular flexibility index (Phi) is 5.29. The molecule has 1 aromatic rings. The number of hydrogen-bond donors (Lipinski definition) is 1. The molecule has 90 valence electrons. The highest BCUT2D eigenvalue weighted by Gasteiger charge is 2.06. The van der Waals surface area contributed by atoms with Crippen molar-refractivity contribution in [2.45, 2.75) is 19.9 Å². The van der Waals surface area contributed by atoms with Crippen molar-refractivity contribution in [3.05, 3.63) is 29.3 Å². The van der Waals surface area contributed by atoms with Gasteiger partial charge in [-0.15, -0.1) is 0 Å². The average molecular weight is 222 g/mol. The van der Waals surface area contributed by atoms with Crippen molar-refractivity contribution in [1.82, 2.24) is 0 Å². The number of ether oxygens (including phenoxy) is 1. The lowest BCUT2D eigenvalue weighted by molar-refractivity contribution is 0.196. The Morgan fingerprint density at radius 3 is 2.75 bits per heavy atom. The maximum Gasteiger partial charge on any atom is 0.0479 e. The van der Waals surface area contributed by atoms with Crippen molar-refractivity contribution in [3.63, 3.8) is 0 Å². The smallest absolute Gasteiger partial charge is 0.0479 e. The summed E-state index contributed by atoms with van der Waals surface area (Å²) in [4.78, 5) is 2.24. The highest BCUT2D eigenvalue weighted by Crippen LogP contribution is 2.20. The molecule has 16 heavy (non-hydrogen) atoms. The molecule has 0 saturated carbocycles. The number of nitrogens with two attached hydrogens (primary N) is 1. The molecule has 0 aliphatic heterocycles. The van der Waals surface area contributed by atoms with E-state index in [1.165, 1.54) is 16.8 Å². The minimum atomic E-state index is 0.589. The van der Waals surface area contributed by atoms with E-state index < -0.39 is 0 Å². The van der Waals surface area contributed by atoms with Crippen LogP contribution in [0.25, 0.3) is 0 Å². The van der Waals surface area contributed by atoms with Gasteiger partial charge in [0.05, 0.1) is 0 Å². The minimum Gasteiger partial charge on any atom is -0.385 e. The van der Waals surface area contributed by atoms with Gasteiger partial charge in [-0.2, -0.15) is 0 Å². The molecule has 0 spiro atoms. The number of methoxy groups -OCH3 is 1. The summed E-state index contributed by atoms with van der Waals surface area (Å²) in [6.45, 7) is 4.47. The van der Waals surface area contributed by atoms with Crippen LogP contribution < -0.4 is 10.6 Å². The van der Waals surface area contributed by atoms with Gasteiger partial charge in [-0.05, 0) is 25.0 Å². The summed E-state index contributed by atoms with van der Waals surface area (Å²) in [5.41, 5.74) is 9.45. The van der Waals surface area contributed by atoms with Crippen LogP contribution >= 0.6 is 0 Å². The lowest BCUT2D eigenvalue weighted by atomic mass is 10.1. The molecule has 0 bridgehead atoms. The summed E-state index contributed by atoms with van der Waals surface area (Å²) in [6.07, 6.45) is 1.03. The molecule has 3 heteroatoms. The predicted molar refractivity (Wildman–Crippen MR) is 68.8 cm³/mol. The second kappa shape index (κ2) is 6.51. The van der Waals surface area contributed by atoms with E-state index in [1.807, 2.05) is 0 Å². The predicted octanol–water partition coefficient (Wildman–Crippen LogP) is 1.93. The first-order valence-electron chi connectivity index (χ1n) is 5.68. The topological polar surface area (TPSA) is 38.5 Å².